The summed E-state index contributed by atoms with van der Waals surface area (Å²) in [6.07, 6.45) is 1.09. The van der Waals surface area contributed by atoms with Gasteiger partial charge in [0.15, 0.2) is 0 Å². The predicted molar refractivity (Wildman–Crippen MR) is 76.0 cm³/mol. The number of hydrogen-bond donors (Lipinski definition) is 2. The van der Waals surface area contributed by atoms with E-state index in [9.17, 15) is 4.79 Å². The molecule has 0 aliphatic heterocycles. The molecule has 7 nitrogen and oxygen atoms in total. The third-order valence-corrected chi connectivity index (χ3v) is 3.79. The lowest BCUT2D eigenvalue weighted by atomic mass is 10.2. The van der Waals surface area contributed by atoms with Gasteiger partial charge in [-0.15, -0.1) is 5.10 Å². The van der Waals surface area contributed by atoms with Gasteiger partial charge in [0.2, 0.25) is 11.1 Å². The van der Waals surface area contributed by atoms with E-state index in [1.54, 1.807) is 4.68 Å². The first-order chi connectivity index (χ1) is 9.70. The van der Waals surface area contributed by atoms with Crippen molar-refractivity contribution >= 4 is 17.7 Å². The van der Waals surface area contributed by atoms with E-state index in [0.29, 0.717) is 18.0 Å². The summed E-state index contributed by atoms with van der Waals surface area (Å²) in [6.45, 7) is 2.03. The fourth-order valence-corrected chi connectivity index (χ4v) is 2.55. The monoisotopic (exact) mass is 292 g/mol. The summed E-state index contributed by atoms with van der Waals surface area (Å²) >= 11 is 1.53. The number of benzene rings is 1. The summed E-state index contributed by atoms with van der Waals surface area (Å²) in [7, 11) is 0. The minimum absolute atomic E-state index is 0.167. The summed E-state index contributed by atoms with van der Waals surface area (Å²) in [5.74, 6) is 4.89. The zero-order chi connectivity index (χ0) is 14.4. The Morgan fingerprint density at radius 2 is 2.20 bits per heavy atom. The van der Waals surface area contributed by atoms with Crippen molar-refractivity contribution in [3.63, 3.8) is 0 Å². The third kappa shape index (κ3) is 3.78. The van der Waals surface area contributed by atoms with Crippen LogP contribution < -0.4 is 11.3 Å². The molecule has 0 saturated carbocycles. The molecule has 0 spiro atoms. The molecule has 3 N–H and O–H groups in total. The number of carbonyl (C=O) groups is 1. The highest BCUT2D eigenvalue weighted by molar-refractivity contribution is 7.99. The molecule has 1 heterocycles. The van der Waals surface area contributed by atoms with Gasteiger partial charge in [0, 0.05) is 11.7 Å². The van der Waals surface area contributed by atoms with Crippen LogP contribution in [0.2, 0.25) is 0 Å². The number of hydrogen-bond acceptors (Lipinski definition) is 6. The highest BCUT2D eigenvalue weighted by Gasteiger charge is 2.14. The molecule has 0 bridgehead atoms. The average Bonchev–Trinajstić information content (AvgIpc) is 2.93. The smallest absolute Gasteiger partial charge is 0.233 e. The first-order valence-electron chi connectivity index (χ1n) is 6.20. The molecule has 0 aliphatic carbocycles. The Kier molecular flexibility index (Phi) is 5.08. The number of nitrogens with zero attached hydrogens (tertiary/aromatic N) is 4. The topological polar surface area (TPSA) is 98.7 Å². The summed E-state index contributed by atoms with van der Waals surface area (Å²) in [6, 6.07) is 9.68. The van der Waals surface area contributed by atoms with E-state index in [4.69, 9.17) is 5.84 Å². The zero-order valence-electron chi connectivity index (χ0n) is 11.1. The number of para-hydroxylation sites is 1. The molecule has 0 radical (unpaired) electrons. The van der Waals surface area contributed by atoms with Gasteiger partial charge in [-0.05, 0) is 29.0 Å². The van der Waals surface area contributed by atoms with Crippen LogP contribution in [0.25, 0.3) is 5.69 Å². The molecule has 20 heavy (non-hydrogen) atoms. The SMILES string of the molecule is CC(CCC(=O)NN)Sc1nnnn1-c1ccccc1. The van der Waals surface area contributed by atoms with Crippen LogP contribution in [0.15, 0.2) is 35.5 Å². The number of thioether (sulfide) groups is 1. The molecule has 2 aromatic rings. The van der Waals surface area contributed by atoms with E-state index in [-0.39, 0.29) is 11.2 Å². The van der Waals surface area contributed by atoms with Crippen LogP contribution in [0.1, 0.15) is 19.8 Å². The summed E-state index contributed by atoms with van der Waals surface area (Å²) in [4.78, 5) is 11.1. The molecule has 0 saturated heterocycles. The normalized spacial score (nSPS) is 12.1. The van der Waals surface area contributed by atoms with Crippen molar-refractivity contribution in [2.75, 3.05) is 0 Å². The first kappa shape index (κ1) is 14.5. The Labute approximate surface area is 120 Å². The fraction of sp³-hybridized carbons (Fsp3) is 0.333. The molecule has 1 aromatic heterocycles. The van der Waals surface area contributed by atoms with E-state index < -0.39 is 0 Å². The number of amides is 1. The molecule has 1 aromatic carbocycles. The van der Waals surface area contributed by atoms with Crippen LogP contribution in [0.5, 0.6) is 0 Å². The van der Waals surface area contributed by atoms with Crippen molar-refractivity contribution < 1.29 is 4.79 Å². The second-order valence-corrected chi connectivity index (χ2v) is 5.65. The van der Waals surface area contributed by atoms with Crippen LogP contribution in [-0.4, -0.2) is 31.4 Å². The van der Waals surface area contributed by atoms with Crippen molar-refractivity contribution in [2.45, 2.75) is 30.2 Å². The van der Waals surface area contributed by atoms with Crippen LogP contribution >= 0.6 is 11.8 Å². The largest absolute Gasteiger partial charge is 0.294 e. The average molecular weight is 292 g/mol. The van der Waals surface area contributed by atoms with E-state index >= 15 is 0 Å². The molecular formula is C12H16N6OS. The number of rotatable bonds is 6. The molecule has 106 valence electrons. The van der Waals surface area contributed by atoms with Gasteiger partial charge < -0.3 is 0 Å². The Morgan fingerprint density at radius 1 is 1.45 bits per heavy atom. The number of nitrogens with two attached hydrogens (primary N) is 1. The molecule has 0 fully saturated rings. The Morgan fingerprint density at radius 3 is 2.90 bits per heavy atom. The lowest BCUT2D eigenvalue weighted by molar-refractivity contribution is -0.121. The summed E-state index contributed by atoms with van der Waals surface area (Å²) in [5, 5.41) is 12.6. The third-order valence-electron chi connectivity index (χ3n) is 2.69. The lowest BCUT2D eigenvalue weighted by Gasteiger charge is -2.10. The van der Waals surface area contributed by atoms with Crippen molar-refractivity contribution in [1.82, 2.24) is 25.6 Å². The molecular weight excluding hydrogens is 276 g/mol. The van der Waals surface area contributed by atoms with Gasteiger partial charge in [0.1, 0.15) is 0 Å². The standard InChI is InChI=1S/C12H16N6OS/c1-9(7-8-11(19)14-13)20-12-15-16-17-18(12)10-5-3-2-4-6-10/h2-6,9H,7-8,13H2,1H3,(H,14,19). The molecule has 1 atom stereocenters. The van der Waals surface area contributed by atoms with Crippen LogP contribution in [0.4, 0.5) is 0 Å². The Balaban J connectivity index is 2.00. The summed E-state index contributed by atoms with van der Waals surface area (Å²) < 4.78 is 1.68. The maximum atomic E-state index is 11.1. The lowest BCUT2D eigenvalue weighted by Crippen LogP contribution is -2.30. The number of nitrogens with one attached hydrogen (secondary N) is 1. The number of hydrazine groups is 1. The predicted octanol–water partition coefficient (Wildman–Crippen LogP) is 0.913. The summed E-state index contributed by atoms with van der Waals surface area (Å²) in [5.41, 5.74) is 3.03. The maximum Gasteiger partial charge on any atom is 0.233 e. The van der Waals surface area contributed by atoms with Gasteiger partial charge in [0.25, 0.3) is 0 Å². The second kappa shape index (κ2) is 7.01. The van der Waals surface area contributed by atoms with Gasteiger partial charge in [-0.2, -0.15) is 4.68 Å². The molecule has 8 heteroatoms. The number of aromatic nitrogens is 4. The van der Waals surface area contributed by atoms with Gasteiger partial charge in [-0.1, -0.05) is 36.9 Å². The maximum absolute atomic E-state index is 11.1. The van der Waals surface area contributed by atoms with Crippen LogP contribution in [0.3, 0.4) is 0 Å². The van der Waals surface area contributed by atoms with E-state index in [0.717, 1.165) is 5.69 Å². The highest BCUT2D eigenvalue weighted by Crippen LogP contribution is 2.25. The van der Waals surface area contributed by atoms with Crippen LogP contribution in [0, 0.1) is 0 Å². The van der Waals surface area contributed by atoms with Gasteiger partial charge in [0.05, 0.1) is 5.69 Å². The van der Waals surface area contributed by atoms with Gasteiger partial charge in [-0.25, -0.2) is 5.84 Å². The van der Waals surface area contributed by atoms with Crippen LogP contribution in [-0.2, 0) is 4.79 Å². The quantitative estimate of drug-likeness (QED) is 0.355. The van der Waals surface area contributed by atoms with E-state index in [1.807, 2.05) is 37.3 Å². The fourth-order valence-electron chi connectivity index (χ4n) is 1.63. The van der Waals surface area contributed by atoms with Crippen molar-refractivity contribution in [3.8, 4) is 5.69 Å². The zero-order valence-corrected chi connectivity index (χ0v) is 11.9. The number of tetrazole rings is 1. The minimum Gasteiger partial charge on any atom is -0.294 e. The van der Waals surface area contributed by atoms with Crippen molar-refractivity contribution in [1.29, 1.82) is 0 Å². The molecule has 1 unspecified atom stereocenters. The molecule has 2 rings (SSSR count). The van der Waals surface area contributed by atoms with Gasteiger partial charge in [-0.3, -0.25) is 10.2 Å². The highest BCUT2D eigenvalue weighted by atomic mass is 32.2. The van der Waals surface area contributed by atoms with Crippen molar-refractivity contribution in [2.24, 2.45) is 5.84 Å². The van der Waals surface area contributed by atoms with Gasteiger partial charge >= 0.3 is 0 Å². The molecule has 0 aliphatic rings. The Bertz CT molecular complexity index is 558. The van der Waals surface area contributed by atoms with Crippen molar-refractivity contribution in [3.05, 3.63) is 30.3 Å². The molecule has 1 amide bonds. The number of carbonyl (C=O) groups excluding carboxylic acids is 1. The minimum atomic E-state index is -0.167. The second-order valence-electron chi connectivity index (χ2n) is 4.24. The van der Waals surface area contributed by atoms with E-state index in [2.05, 4.69) is 21.0 Å². The first-order valence-corrected chi connectivity index (χ1v) is 7.08. The van der Waals surface area contributed by atoms with E-state index in [1.165, 1.54) is 11.8 Å². The Hall–Kier alpha value is -1.93.